The summed E-state index contributed by atoms with van der Waals surface area (Å²) >= 11 is 6.97. The number of rotatable bonds is 13. The largest absolute Gasteiger partial charge is 0.486 e. The molecular weight excluding hydrogens is 728 g/mol. The van der Waals surface area contributed by atoms with Crippen molar-refractivity contribution in [2.45, 2.75) is 59.9 Å². The predicted octanol–water partition coefficient (Wildman–Crippen LogP) is 10.9. The lowest BCUT2D eigenvalue weighted by atomic mass is 10.1. The van der Waals surface area contributed by atoms with Crippen molar-refractivity contribution in [3.63, 3.8) is 0 Å². The highest BCUT2D eigenvalue weighted by atomic mass is 79.9. The van der Waals surface area contributed by atoms with E-state index in [1.807, 2.05) is 91.9 Å². The number of oxazole rings is 2. The number of aromatic nitrogens is 2. The number of hydrogen-bond acceptors (Lipinski definition) is 8. The maximum absolute atomic E-state index is 5.93. The molecule has 8 nitrogen and oxygen atoms in total. The first-order chi connectivity index (χ1) is 22.8. The number of benzene rings is 4. The van der Waals surface area contributed by atoms with Gasteiger partial charge in [0.15, 0.2) is 22.2 Å². The molecule has 47 heavy (non-hydrogen) atoms. The van der Waals surface area contributed by atoms with Gasteiger partial charge in [0.1, 0.15) is 30.8 Å². The second-order valence-corrected chi connectivity index (χ2v) is 12.9. The minimum absolute atomic E-state index is 0.0190. The molecule has 0 aliphatic rings. The molecule has 0 aliphatic heterocycles. The standard InChI is InChI=1S/C19H20BrNO3.C18H18BrNO3/c1-12(2)13(3)23-19-21-17-16(10-9-15(20)18(17)24-19)22-11-14-7-5-4-6-8-14;1-2-3-11-21-18-20-16-15(10-9-14(19)17(16)23-18)22-12-13-7-5-4-6-8-13/h4-10,12-13H,11H2,1-3H3;4-10H,2-3,11-12H2,1H3. The Bertz CT molecular complexity index is 1860. The van der Waals surface area contributed by atoms with Crippen LogP contribution in [0.3, 0.4) is 0 Å². The minimum Gasteiger partial charge on any atom is -0.486 e. The number of ether oxygens (including phenoxy) is 4. The van der Waals surface area contributed by atoms with Crippen LogP contribution in [0.4, 0.5) is 0 Å². The molecule has 0 amide bonds. The number of nitrogens with zero attached hydrogens (tertiary/aromatic N) is 2. The molecule has 0 bridgehead atoms. The third kappa shape index (κ3) is 9.29. The van der Waals surface area contributed by atoms with Crippen LogP contribution in [0.15, 0.2) is 103 Å². The van der Waals surface area contributed by atoms with Crippen molar-refractivity contribution in [3.05, 3.63) is 105 Å². The van der Waals surface area contributed by atoms with Crippen molar-refractivity contribution in [1.29, 1.82) is 0 Å². The Morgan fingerprint density at radius 2 is 1.13 bits per heavy atom. The molecule has 2 aromatic heterocycles. The zero-order chi connectivity index (χ0) is 33.2. The first-order valence-electron chi connectivity index (χ1n) is 15.6. The van der Waals surface area contributed by atoms with Gasteiger partial charge in [0, 0.05) is 0 Å². The third-order valence-corrected chi connectivity index (χ3v) is 8.55. The van der Waals surface area contributed by atoms with Gasteiger partial charge in [0.05, 0.1) is 15.6 Å². The Balaban J connectivity index is 0.000000185. The van der Waals surface area contributed by atoms with E-state index in [4.69, 9.17) is 27.8 Å². The maximum atomic E-state index is 5.93. The summed E-state index contributed by atoms with van der Waals surface area (Å²) in [6.07, 6.45) is 2.60. The van der Waals surface area contributed by atoms with Crippen LogP contribution in [-0.4, -0.2) is 22.7 Å². The summed E-state index contributed by atoms with van der Waals surface area (Å²) < 4.78 is 36.2. The average molecular weight is 767 g/mol. The normalized spacial score (nSPS) is 11.7. The topological polar surface area (TPSA) is 89.0 Å². The molecule has 0 fully saturated rings. The fourth-order valence-corrected chi connectivity index (χ4v) is 5.08. The van der Waals surface area contributed by atoms with Crippen LogP contribution < -0.4 is 18.9 Å². The highest BCUT2D eigenvalue weighted by molar-refractivity contribution is 9.11. The molecular formula is C37H38Br2N2O6. The van der Waals surface area contributed by atoms with E-state index in [9.17, 15) is 0 Å². The Hall–Kier alpha value is -4.02. The summed E-state index contributed by atoms with van der Waals surface area (Å²) in [4.78, 5) is 8.88. The number of halogens is 2. The maximum Gasteiger partial charge on any atom is 0.395 e. The molecule has 0 saturated heterocycles. The van der Waals surface area contributed by atoms with Gasteiger partial charge < -0.3 is 27.8 Å². The molecule has 0 spiro atoms. The van der Waals surface area contributed by atoms with E-state index in [0.29, 0.717) is 59.4 Å². The molecule has 2 heterocycles. The van der Waals surface area contributed by atoms with E-state index in [2.05, 4.69) is 62.6 Å². The van der Waals surface area contributed by atoms with E-state index in [1.165, 1.54) is 0 Å². The molecule has 6 aromatic rings. The summed E-state index contributed by atoms with van der Waals surface area (Å²) in [5, 5.41) is 0. The number of fused-ring (bicyclic) bond motifs is 2. The van der Waals surface area contributed by atoms with Crippen molar-refractivity contribution < 1.29 is 27.8 Å². The van der Waals surface area contributed by atoms with Crippen LogP contribution in [-0.2, 0) is 13.2 Å². The zero-order valence-electron chi connectivity index (χ0n) is 26.9. The van der Waals surface area contributed by atoms with E-state index < -0.39 is 0 Å². The summed E-state index contributed by atoms with van der Waals surface area (Å²) in [7, 11) is 0. The summed E-state index contributed by atoms with van der Waals surface area (Å²) in [5.74, 6) is 1.73. The lowest BCUT2D eigenvalue weighted by molar-refractivity contribution is 0.126. The zero-order valence-corrected chi connectivity index (χ0v) is 30.0. The number of hydrogen-bond donors (Lipinski definition) is 0. The first-order valence-corrected chi connectivity index (χ1v) is 17.2. The first kappa shape index (κ1) is 34.3. The van der Waals surface area contributed by atoms with Crippen molar-refractivity contribution in [2.24, 2.45) is 5.92 Å². The van der Waals surface area contributed by atoms with Crippen LogP contribution in [0.25, 0.3) is 22.2 Å². The molecule has 10 heteroatoms. The van der Waals surface area contributed by atoms with Gasteiger partial charge in [-0.2, -0.15) is 9.97 Å². The smallest absolute Gasteiger partial charge is 0.395 e. The molecule has 0 N–H and O–H groups in total. The van der Waals surface area contributed by atoms with Crippen LogP contribution in [0.2, 0.25) is 0 Å². The van der Waals surface area contributed by atoms with Crippen LogP contribution >= 0.6 is 31.9 Å². The van der Waals surface area contributed by atoms with Crippen molar-refractivity contribution in [3.8, 4) is 23.7 Å². The summed E-state index contributed by atoms with van der Waals surface area (Å²) in [6, 6.07) is 27.6. The second-order valence-electron chi connectivity index (χ2n) is 11.2. The van der Waals surface area contributed by atoms with Crippen molar-refractivity contribution in [2.75, 3.05) is 6.61 Å². The Kier molecular flexibility index (Phi) is 12.2. The molecule has 6 rings (SSSR count). The molecule has 0 saturated carbocycles. The SMILES string of the molecule is CC(C)C(C)Oc1nc2c(OCc3ccccc3)ccc(Br)c2o1.CCCCOc1nc2c(OCc3ccccc3)ccc(Br)c2o1. The minimum atomic E-state index is 0.0190. The van der Waals surface area contributed by atoms with Gasteiger partial charge in [-0.1, -0.05) is 87.9 Å². The quantitative estimate of drug-likeness (QED) is 0.107. The number of unbranched alkanes of at least 4 members (excludes halogenated alkanes) is 1. The van der Waals surface area contributed by atoms with Crippen LogP contribution in [0.5, 0.6) is 23.7 Å². The Morgan fingerprint density at radius 1 is 0.638 bits per heavy atom. The summed E-state index contributed by atoms with van der Waals surface area (Å²) in [6.45, 7) is 9.86. The highest BCUT2D eigenvalue weighted by Gasteiger charge is 2.19. The van der Waals surface area contributed by atoms with Gasteiger partial charge in [-0.05, 0) is 86.5 Å². The monoisotopic (exact) mass is 764 g/mol. The van der Waals surface area contributed by atoms with Gasteiger partial charge in [-0.15, -0.1) is 0 Å². The highest BCUT2D eigenvalue weighted by Crippen LogP contribution is 2.36. The summed E-state index contributed by atoms with van der Waals surface area (Å²) in [5.41, 5.74) is 4.80. The molecule has 4 aromatic carbocycles. The van der Waals surface area contributed by atoms with Gasteiger partial charge in [-0.3, -0.25) is 0 Å². The Labute approximate surface area is 291 Å². The molecule has 0 aliphatic carbocycles. The lowest BCUT2D eigenvalue weighted by Crippen LogP contribution is -2.18. The van der Waals surface area contributed by atoms with E-state index in [-0.39, 0.29) is 18.3 Å². The molecule has 0 radical (unpaired) electrons. The van der Waals surface area contributed by atoms with Gasteiger partial charge in [-0.25, -0.2) is 0 Å². The fraction of sp³-hybridized carbons (Fsp3) is 0.297. The van der Waals surface area contributed by atoms with Crippen LogP contribution in [0.1, 0.15) is 51.7 Å². The van der Waals surface area contributed by atoms with Crippen molar-refractivity contribution >= 4 is 54.1 Å². The molecule has 1 unspecified atom stereocenters. The van der Waals surface area contributed by atoms with Crippen LogP contribution in [0, 0.1) is 5.92 Å². The average Bonchev–Trinajstić information content (AvgIpc) is 3.72. The lowest BCUT2D eigenvalue weighted by Gasteiger charge is -2.14. The fourth-order valence-electron chi connectivity index (χ4n) is 4.28. The van der Waals surface area contributed by atoms with E-state index >= 15 is 0 Å². The van der Waals surface area contributed by atoms with E-state index in [1.54, 1.807) is 0 Å². The Morgan fingerprint density at radius 3 is 1.62 bits per heavy atom. The van der Waals surface area contributed by atoms with E-state index in [0.717, 1.165) is 32.9 Å². The van der Waals surface area contributed by atoms with Gasteiger partial charge in [0.25, 0.3) is 0 Å². The van der Waals surface area contributed by atoms with Gasteiger partial charge >= 0.3 is 12.2 Å². The second kappa shape index (κ2) is 16.7. The van der Waals surface area contributed by atoms with Crippen molar-refractivity contribution in [1.82, 2.24) is 9.97 Å². The molecule has 1 atom stereocenters. The van der Waals surface area contributed by atoms with Gasteiger partial charge in [0.2, 0.25) is 0 Å². The predicted molar refractivity (Wildman–Crippen MR) is 190 cm³/mol. The third-order valence-electron chi connectivity index (χ3n) is 7.30. The molecule has 246 valence electrons.